The van der Waals surface area contributed by atoms with Gasteiger partial charge in [-0.15, -0.1) is 10.2 Å². The van der Waals surface area contributed by atoms with Gasteiger partial charge in [0.15, 0.2) is 0 Å². The quantitative estimate of drug-likeness (QED) is 0.605. The van der Waals surface area contributed by atoms with Gasteiger partial charge in [0.25, 0.3) is 5.22 Å². The molecule has 0 saturated carbocycles. The molecule has 8 heteroatoms. The normalized spacial score (nSPS) is 10.7. The third kappa shape index (κ3) is 4.67. The zero-order chi connectivity index (χ0) is 17.8. The van der Waals surface area contributed by atoms with Crippen molar-refractivity contribution in [3.05, 3.63) is 58.3 Å². The van der Waals surface area contributed by atoms with Gasteiger partial charge in [-0.2, -0.15) is 0 Å². The number of amides is 1. The molecule has 0 bridgehead atoms. The number of benzene rings is 2. The summed E-state index contributed by atoms with van der Waals surface area (Å²) in [5.41, 5.74) is 2.04. The third-order valence-corrected chi connectivity index (χ3v) is 4.63. The fraction of sp³-hybridized carbons (Fsp3) is 0.118. The maximum absolute atomic E-state index is 13.1. The summed E-state index contributed by atoms with van der Waals surface area (Å²) in [7, 11) is 0. The SMILES string of the molecule is Cc1cc(F)ccc1NC(=O)CSc1nnc(-c2ccc(Br)cc2)o1. The van der Waals surface area contributed by atoms with Crippen LogP contribution < -0.4 is 5.32 Å². The fourth-order valence-electron chi connectivity index (χ4n) is 2.06. The Kier molecular flexibility index (Phi) is 5.50. The van der Waals surface area contributed by atoms with Crippen LogP contribution >= 0.6 is 27.7 Å². The van der Waals surface area contributed by atoms with Gasteiger partial charge in [0.1, 0.15) is 5.82 Å². The smallest absolute Gasteiger partial charge is 0.277 e. The third-order valence-electron chi connectivity index (χ3n) is 3.29. The number of hydrogen-bond acceptors (Lipinski definition) is 5. The van der Waals surface area contributed by atoms with E-state index in [1.807, 2.05) is 24.3 Å². The molecule has 128 valence electrons. The topological polar surface area (TPSA) is 68.0 Å². The minimum absolute atomic E-state index is 0.110. The van der Waals surface area contributed by atoms with Crippen molar-refractivity contribution in [1.29, 1.82) is 0 Å². The number of aryl methyl sites for hydroxylation is 1. The summed E-state index contributed by atoms with van der Waals surface area (Å²) in [6.45, 7) is 1.73. The Morgan fingerprint density at radius 3 is 2.72 bits per heavy atom. The zero-order valence-corrected chi connectivity index (χ0v) is 15.5. The van der Waals surface area contributed by atoms with Crippen molar-refractivity contribution in [3.8, 4) is 11.5 Å². The van der Waals surface area contributed by atoms with Crippen LogP contribution in [0.25, 0.3) is 11.5 Å². The number of anilines is 1. The molecule has 1 aromatic heterocycles. The molecule has 0 aliphatic rings. The predicted octanol–water partition coefficient (Wildman–Crippen LogP) is 4.68. The van der Waals surface area contributed by atoms with Crippen molar-refractivity contribution >= 4 is 39.3 Å². The number of carbonyl (C=O) groups is 1. The molecule has 2 aromatic carbocycles. The second kappa shape index (κ2) is 7.79. The van der Waals surface area contributed by atoms with Gasteiger partial charge < -0.3 is 9.73 Å². The molecule has 25 heavy (non-hydrogen) atoms. The number of halogens is 2. The molecule has 0 unspecified atom stereocenters. The fourth-order valence-corrected chi connectivity index (χ4v) is 2.89. The summed E-state index contributed by atoms with van der Waals surface area (Å²) in [4.78, 5) is 12.0. The van der Waals surface area contributed by atoms with Crippen molar-refractivity contribution in [2.75, 3.05) is 11.1 Å². The van der Waals surface area contributed by atoms with E-state index in [-0.39, 0.29) is 17.5 Å². The lowest BCUT2D eigenvalue weighted by Gasteiger charge is -2.07. The number of nitrogens with zero attached hydrogens (tertiary/aromatic N) is 2. The molecular weight excluding hydrogens is 409 g/mol. The van der Waals surface area contributed by atoms with Crippen molar-refractivity contribution in [2.45, 2.75) is 12.1 Å². The van der Waals surface area contributed by atoms with Crippen LogP contribution in [-0.2, 0) is 4.79 Å². The molecule has 0 atom stereocenters. The molecule has 0 radical (unpaired) electrons. The molecule has 0 spiro atoms. The first kappa shape index (κ1) is 17.6. The number of thioether (sulfide) groups is 1. The average Bonchev–Trinajstić information content (AvgIpc) is 3.05. The highest BCUT2D eigenvalue weighted by atomic mass is 79.9. The molecule has 5 nitrogen and oxygen atoms in total. The van der Waals surface area contributed by atoms with Gasteiger partial charge >= 0.3 is 0 Å². The van der Waals surface area contributed by atoms with Crippen LogP contribution in [0.1, 0.15) is 5.56 Å². The second-order valence-corrected chi connectivity index (χ2v) is 7.02. The van der Waals surface area contributed by atoms with Crippen LogP contribution in [0.5, 0.6) is 0 Å². The summed E-state index contributed by atoms with van der Waals surface area (Å²) >= 11 is 4.50. The van der Waals surface area contributed by atoms with Crippen LogP contribution in [-0.4, -0.2) is 21.9 Å². The Morgan fingerprint density at radius 1 is 1.24 bits per heavy atom. The van der Waals surface area contributed by atoms with Gasteiger partial charge in [-0.3, -0.25) is 4.79 Å². The van der Waals surface area contributed by atoms with E-state index in [1.54, 1.807) is 6.92 Å². The van der Waals surface area contributed by atoms with Crippen molar-refractivity contribution in [2.24, 2.45) is 0 Å². The van der Waals surface area contributed by atoms with E-state index in [0.29, 0.717) is 22.4 Å². The molecule has 0 aliphatic carbocycles. The highest BCUT2D eigenvalue weighted by molar-refractivity contribution is 9.10. The summed E-state index contributed by atoms with van der Waals surface area (Å²) in [5.74, 6) is -0.0669. The van der Waals surface area contributed by atoms with Gasteiger partial charge in [-0.1, -0.05) is 27.7 Å². The van der Waals surface area contributed by atoms with E-state index >= 15 is 0 Å². The minimum Gasteiger partial charge on any atom is -0.411 e. The maximum Gasteiger partial charge on any atom is 0.277 e. The lowest BCUT2D eigenvalue weighted by molar-refractivity contribution is -0.113. The Hall–Kier alpha value is -2.19. The Labute approximate surface area is 156 Å². The van der Waals surface area contributed by atoms with Crippen LogP contribution in [0.15, 0.2) is 56.6 Å². The average molecular weight is 422 g/mol. The standard InChI is InChI=1S/C17H13BrFN3O2S/c1-10-8-13(19)6-7-14(10)20-15(23)9-25-17-22-21-16(24-17)11-2-4-12(18)5-3-11/h2-8H,9H2,1H3,(H,20,23). The maximum atomic E-state index is 13.1. The van der Waals surface area contributed by atoms with Crippen LogP contribution in [0.4, 0.5) is 10.1 Å². The minimum atomic E-state index is -0.337. The van der Waals surface area contributed by atoms with E-state index in [4.69, 9.17) is 4.42 Å². The van der Waals surface area contributed by atoms with E-state index in [9.17, 15) is 9.18 Å². The van der Waals surface area contributed by atoms with Crippen molar-refractivity contribution < 1.29 is 13.6 Å². The first-order valence-electron chi connectivity index (χ1n) is 7.29. The highest BCUT2D eigenvalue weighted by Crippen LogP contribution is 2.24. The molecule has 1 N–H and O–H groups in total. The molecule has 1 heterocycles. The van der Waals surface area contributed by atoms with E-state index in [0.717, 1.165) is 21.8 Å². The number of aromatic nitrogens is 2. The molecular formula is C17H13BrFN3O2S. The lowest BCUT2D eigenvalue weighted by atomic mass is 10.2. The van der Waals surface area contributed by atoms with Crippen molar-refractivity contribution in [1.82, 2.24) is 10.2 Å². The number of hydrogen-bond donors (Lipinski definition) is 1. The molecule has 0 fully saturated rings. The van der Waals surface area contributed by atoms with E-state index < -0.39 is 0 Å². The van der Waals surface area contributed by atoms with Crippen LogP contribution in [0, 0.1) is 12.7 Å². The van der Waals surface area contributed by atoms with Crippen LogP contribution in [0.2, 0.25) is 0 Å². The highest BCUT2D eigenvalue weighted by Gasteiger charge is 2.12. The number of nitrogens with one attached hydrogen (secondary N) is 1. The first-order valence-corrected chi connectivity index (χ1v) is 9.07. The van der Waals surface area contributed by atoms with Gasteiger partial charge in [0.05, 0.1) is 5.75 Å². The lowest BCUT2D eigenvalue weighted by Crippen LogP contribution is -2.14. The van der Waals surface area contributed by atoms with Gasteiger partial charge in [-0.05, 0) is 55.0 Å². The van der Waals surface area contributed by atoms with Gasteiger partial charge in [0, 0.05) is 15.7 Å². The zero-order valence-electron chi connectivity index (χ0n) is 13.1. The predicted molar refractivity (Wildman–Crippen MR) is 97.9 cm³/mol. The molecule has 3 rings (SSSR count). The van der Waals surface area contributed by atoms with Gasteiger partial charge in [-0.25, -0.2) is 4.39 Å². The molecule has 0 aliphatic heterocycles. The van der Waals surface area contributed by atoms with Crippen molar-refractivity contribution in [3.63, 3.8) is 0 Å². The van der Waals surface area contributed by atoms with Gasteiger partial charge in [0.2, 0.25) is 11.8 Å². The summed E-state index contributed by atoms with van der Waals surface area (Å²) in [5, 5.41) is 10.9. The molecule has 3 aromatic rings. The Balaban J connectivity index is 1.58. The second-order valence-electron chi connectivity index (χ2n) is 5.18. The molecule has 1 amide bonds. The first-order chi connectivity index (χ1) is 12.0. The number of rotatable bonds is 5. The summed E-state index contributed by atoms with van der Waals surface area (Å²) in [6, 6.07) is 11.7. The van der Waals surface area contributed by atoms with E-state index in [1.165, 1.54) is 18.2 Å². The Bertz CT molecular complexity index is 899. The Morgan fingerprint density at radius 2 is 2.00 bits per heavy atom. The monoisotopic (exact) mass is 421 g/mol. The van der Waals surface area contributed by atoms with E-state index in [2.05, 4.69) is 31.4 Å². The summed E-state index contributed by atoms with van der Waals surface area (Å²) < 4.78 is 19.6. The number of carbonyl (C=O) groups excluding carboxylic acids is 1. The van der Waals surface area contributed by atoms with Crippen LogP contribution in [0.3, 0.4) is 0 Å². The summed E-state index contributed by atoms with van der Waals surface area (Å²) in [6.07, 6.45) is 0. The largest absolute Gasteiger partial charge is 0.411 e. The molecule has 0 saturated heterocycles.